The minimum atomic E-state index is -2.63. The first-order valence-corrected chi connectivity index (χ1v) is 14.9. The molecule has 1 saturated carbocycles. The van der Waals surface area contributed by atoms with Crippen molar-refractivity contribution in [2.24, 2.45) is 5.92 Å². The van der Waals surface area contributed by atoms with Gasteiger partial charge in [-0.3, -0.25) is 0 Å². The number of rotatable bonds is 9. The molecule has 0 spiro atoms. The molecular weight excluding hydrogens is 430 g/mol. The predicted octanol–water partition coefficient (Wildman–Crippen LogP) is 5.17. The normalized spacial score (nSPS) is 18.2. The van der Waals surface area contributed by atoms with Crippen LogP contribution in [0.25, 0.3) is 0 Å². The maximum absolute atomic E-state index is 13.1. The molecule has 1 aliphatic carbocycles. The fraction of sp³-hybridized carbons (Fsp3) is 0.556. The van der Waals surface area contributed by atoms with Crippen LogP contribution in [0.4, 0.5) is 0 Å². The highest BCUT2D eigenvalue weighted by molar-refractivity contribution is 7.90. The van der Waals surface area contributed by atoms with Crippen LogP contribution >= 0.6 is 0 Å². The minimum Gasteiger partial charge on any atom is -0.598 e. The summed E-state index contributed by atoms with van der Waals surface area (Å²) in [6.07, 6.45) is 3.52. The average Bonchev–Trinajstić information content (AvgIpc) is 3.52. The van der Waals surface area contributed by atoms with Crippen molar-refractivity contribution in [3.05, 3.63) is 60.7 Å². The first kappa shape index (κ1) is 25.5. The average molecular weight is 472 g/mol. The Kier molecular flexibility index (Phi) is 7.68. The zero-order valence-corrected chi connectivity index (χ0v) is 22.7. The summed E-state index contributed by atoms with van der Waals surface area (Å²) in [7, 11) is -2.63. The van der Waals surface area contributed by atoms with Crippen LogP contribution in [0.1, 0.15) is 67.7 Å². The van der Waals surface area contributed by atoms with E-state index in [1.54, 1.807) is 0 Å². The van der Waals surface area contributed by atoms with Gasteiger partial charge in [-0.05, 0) is 55.4 Å². The summed E-state index contributed by atoms with van der Waals surface area (Å²) >= 11 is -1.15. The molecule has 2 unspecified atom stereocenters. The fourth-order valence-corrected chi connectivity index (χ4v) is 10.1. The van der Waals surface area contributed by atoms with Crippen LogP contribution in [0.5, 0.6) is 0 Å². The molecule has 0 amide bonds. The molecule has 0 aliphatic heterocycles. The molecule has 3 rings (SSSR count). The number of nitrogens with one attached hydrogen (secondary N) is 1. The molecule has 176 valence electrons. The largest absolute Gasteiger partial charge is 0.598 e. The van der Waals surface area contributed by atoms with Gasteiger partial charge in [-0.15, -0.1) is 4.72 Å². The van der Waals surface area contributed by atoms with Crippen LogP contribution in [0.2, 0.25) is 5.04 Å². The van der Waals surface area contributed by atoms with E-state index < -0.39 is 19.7 Å². The van der Waals surface area contributed by atoms with Crippen molar-refractivity contribution in [2.45, 2.75) is 83.1 Å². The molecule has 3 nitrogen and oxygen atoms in total. The molecule has 0 bridgehead atoms. The Labute approximate surface area is 199 Å². The molecule has 0 aromatic heterocycles. The topological polar surface area (TPSA) is 44.3 Å². The molecule has 2 aromatic carbocycles. The summed E-state index contributed by atoms with van der Waals surface area (Å²) in [5.74, 6) is 0.701. The van der Waals surface area contributed by atoms with E-state index in [1.807, 2.05) is 20.8 Å². The molecule has 2 atom stereocenters. The molecule has 1 N–H and O–H groups in total. The molecule has 1 fully saturated rings. The molecule has 32 heavy (non-hydrogen) atoms. The van der Waals surface area contributed by atoms with Crippen molar-refractivity contribution < 1.29 is 8.98 Å². The van der Waals surface area contributed by atoms with Crippen molar-refractivity contribution in [1.29, 1.82) is 0 Å². The maximum Gasteiger partial charge on any atom is 0.261 e. The summed E-state index contributed by atoms with van der Waals surface area (Å²) in [5.41, 5.74) is -0.341. The van der Waals surface area contributed by atoms with E-state index in [4.69, 9.17) is 4.43 Å². The zero-order chi connectivity index (χ0) is 23.6. The highest BCUT2D eigenvalue weighted by Gasteiger charge is 2.52. The van der Waals surface area contributed by atoms with E-state index in [1.165, 1.54) is 23.2 Å². The second-order valence-corrected chi connectivity index (χ2v) is 17.9. The van der Waals surface area contributed by atoms with Crippen LogP contribution in [-0.2, 0) is 15.8 Å². The van der Waals surface area contributed by atoms with Gasteiger partial charge in [0.15, 0.2) is 0 Å². The second kappa shape index (κ2) is 9.63. The Morgan fingerprint density at radius 2 is 1.34 bits per heavy atom. The van der Waals surface area contributed by atoms with Crippen LogP contribution in [0.3, 0.4) is 0 Å². The fourth-order valence-electron chi connectivity index (χ4n) is 4.50. The molecule has 1 aliphatic rings. The van der Waals surface area contributed by atoms with E-state index in [9.17, 15) is 4.55 Å². The highest BCUT2D eigenvalue weighted by Crippen LogP contribution is 2.40. The van der Waals surface area contributed by atoms with E-state index in [0.717, 1.165) is 6.42 Å². The lowest BCUT2D eigenvalue weighted by atomic mass is 9.97. The maximum atomic E-state index is 13.1. The van der Waals surface area contributed by atoms with E-state index >= 15 is 0 Å². The molecule has 2 aromatic rings. The van der Waals surface area contributed by atoms with E-state index in [0.29, 0.717) is 12.5 Å². The minimum absolute atomic E-state index is 0.0701. The van der Waals surface area contributed by atoms with E-state index in [2.05, 4.69) is 93.1 Å². The third kappa shape index (κ3) is 5.87. The number of hydrogen-bond donors (Lipinski definition) is 1. The van der Waals surface area contributed by atoms with Gasteiger partial charge < -0.3 is 8.98 Å². The standard InChI is InChI=1S/C27H41NO2SSi/c1-25(2,3)31(29)28-27(7,20-22-18-19-22)21-30-32(26(4,5)6,23-14-10-8-11-15-23)24-16-12-9-13-17-24/h8-17,22,28H,18-21H2,1-7H3. The number of hydrogen-bond acceptors (Lipinski definition) is 3. The Morgan fingerprint density at radius 3 is 1.72 bits per heavy atom. The van der Waals surface area contributed by atoms with Crippen molar-refractivity contribution >= 4 is 30.1 Å². The molecular formula is C27H41NO2SSi. The van der Waals surface area contributed by atoms with Gasteiger partial charge >= 0.3 is 0 Å². The number of benzene rings is 2. The van der Waals surface area contributed by atoms with Crippen molar-refractivity contribution in [2.75, 3.05) is 6.61 Å². The monoisotopic (exact) mass is 471 g/mol. The lowest BCUT2D eigenvalue weighted by Gasteiger charge is -2.45. The van der Waals surface area contributed by atoms with Crippen molar-refractivity contribution in [3.8, 4) is 0 Å². The molecule has 5 heteroatoms. The quantitative estimate of drug-likeness (QED) is 0.405. The van der Waals surface area contributed by atoms with Crippen LogP contribution in [-0.4, -0.2) is 29.8 Å². The van der Waals surface area contributed by atoms with Crippen LogP contribution in [0, 0.1) is 5.92 Å². The lowest BCUT2D eigenvalue weighted by molar-refractivity contribution is 0.189. The SMILES string of the molecule is CC(CO[Si](c1ccccc1)(c1ccccc1)C(C)(C)C)(CC1CC1)N[S+]([O-])C(C)(C)C. The van der Waals surface area contributed by atoms with Gasteiger partial charge in [0.2, 0.25) is 0 Å². The Hall–Kier alpha value is -1.11. The van der Waals surface area contributed by atoms with Crippen molar-refractivity contribution in [1.82, 2.24) is 4.72 Å². The predicted molar refractivity (Wildman–Crippen MR) is 140 cm³/mol. The molecule has 0 radical (unpaired) electrons. The lowest BCUT2D eigenvalue weighted by Crippen LogP contribution is -2.68. The van der Waals surface area contributed by atoms with Gasteiger partial charge in [0.05, 0.1) is 12.1 Å². The van der Waals surface area contributed by atoms with Gasteiger partial charge in [0, 0.05) is 11.4 Å². The summed E-state index contributed by atoms with van der Waals surface area (Å²) in [6.45, 7) is 15.7. The third-order valence-electron chi connectivity index (χ3n) is 6.36. The molecule has 0 heterocycles. The zero-order valence-electron chi connectivity index (χ0n) is 20.9. The van der Waals surface area contributed by atoms with Gasteiger partial charge in [0.1, 0.15) is 4.75 Å². The summed E-state index contributed by atoms with van der Waals surface area (Å²) < 4.78 is 23.5. The van der Waals surface area contributed by atoms with Gasteiger partial charge in [-0.1, -0.05) is 94.3 Å². The van der Waals surface area contributed by atoms with Crippen molar-refractivity contribution in [3.63, 3.8) is 0 Å². The summed E-state index contributed by atoms with van der Waals surface area (Å²) in [6, 6.07) is 21.5. The molecule has 0 saturated heterocycles. The first-order chi connectivity index (χ1) is 14.9. The van der Waals surface area contributed by atoms with Crippen LogP contribution in [0.15, 0.2) is 60.7 Å². The summed E-state index contributed by atoms with van der Waals surface area (Å²) in [5, 5.41) is 2.49. The second-order valence-electron chi connectivity index (χ2n) is 11.6. The Bertz CT molecular complexity index is 819. The smallest absolute Gasteiger partial charge is 0.261 e. The van der Waals surface area contributed by atoms with Gasteiger partial charge in [0.25, 0.3) is 8.32 Å². The van der Waals surface area contributed by atoms with Gasteiger partial charge in [-0.2, -0.15) is 0 Å². The van der Waals surface area contributed by atoms with Gasteiger partial charge in [-0.25, -0.2) is 0 Å². The van der Waals surface area contributed by atoms with Crippen LogP contribution < -0.4 is 15.1 Å². The third-order valence-corrected chi connectivity index (χ3v) is 13.1. The first-order valence-electron chi connectivity index (χ1n) is 11.8. The Morgan fingerprint density at radius 1 is 0.875 bits per heavy atom. The highest BCUT2D eigenvalue weighted by atomic mass is 32.2. The van der Waals surface area contributed by atoms with E-state index in [-0.39, 0.29) is 15.3 Å². The summed E-state index contributed by atoms with van der Waals surface area (Å²) in [4.78, 5) is 0. The Balaban J connectivity index is 2.01.